The molecule has 1 N–H and O–H groups in total. The smallest absolute Gasteiger partial charge is 0.322 e. The molecule has 2 aromatic rings. The van der Waals surface area contributed by atoms with Crippen molar-refractivity contribution in [2.24, 2.45) is 0 Å². The van der Waals surface area contributed by atoms with Gasteiger partial charge in [0.1, 0.15) is 22.5 Å². The highest BCUT2D eigenvalue weighted by Crippen LogP contribution is 2.33. The maximum absolute atomic E-state index is 13.7. The zero-order chi connectivity index (χ0) is 19.9. The van der Waals surface area contributed by atoms with Crippen LogP contribution in [0, 0.1) is 11.6 Å². The molecule has 1 aromatic heterocycles. The van der Waals surface area contributed by atoms with E-state index >= 15 is 0 Å². The molecular weight excluding hydrogens is 394 g/mol. The molecule has 0 radical (unpaired) electrons. The fourth-order valence-electron chi connectivity index (χ4n) is 3.44. The number of amides is 2. The highest BCUT2D eigenvalue weighted by atomic mass is 32.2. The molecule has 4 rings (SSSR count). The SMILES string of the molecule is O=C(Nc1ccc(F)cc1F)N1CC2(C1)CS(=O)(=O)[C@@H](Cn1cccn1)CO2. The van der Waals surface area contributed by atoms with Crippen LogP contribution in [0.15, 0.2) is 36.7 Å². The molecule has 11 heteroatoms. The lowest BCUT2D eigenvalue weighted by Crippen LogP contribution is -2.71. The highest BCUT2D eigenvalue weighted by molar-refractivity contribution is 7.92. The van der Waals surface area contributed by atoms with E-state index in [0.29, 0.717) is 6.07 Å². The van der Waals surface area contributed by atoms with Gasteiger partial charge in [-0.2, -0.15) is 5.10 Å². The van der Waals surface area contributed by atoms with Crippen molar-refractivity contribution in [2.45, 2.75) is 17.4 Å². The Kier molecular flexibility index (Phi) is 4.58. The molecule has 28 heavy (non-hydrogen) atoms. The molecule has 2 saturated heterocycles. The van der Waals surface area contributed by atoms with Gasteiger partial charge in [-0.1, -0.05) is 0 Å². The zero-order valence-corrected chi connectivity index (χ0v) is 15.5. The first-order valence-corrected chi connectivity index (χ1v) is 10.3. The number of likely N-dealkylation sites (tertiary alicyclic amines) is 1. The van der Waals surface area contributed by atoms with Crippen molar-refractivity contribution in [1.29, 1.82) is 0 Å². The van der Waals surface area contributed by atoms with Gasteiger partial charge >= 0.3 is 6.03 Å². The Bertz CT molecular complexity index is 991. The quantitative estimate of drug-likeness (QED) is 0.819. The van der Waals surface area contributed by atoms with Gasteiger partial charge in [-0.05, 0) is 18.2 Å². The molecule has 2 aliphatic heterocycles. The average molecular weight is 412 g/mol. The van der Waals surface area contributed by atoms with Gasteiger partial charge in [0.15, 0.2) is 9.84 Å². The van der Waals surface area contributed by atoms with Crippen molar-refractivity contribution in [1.82, 2.24) is 14.7 Å². The van der Waals surface area contributed by atoms with Crippen LogP contribution in [-0.4, -0.2) is 65.4 Å². The molecule has 2 fully saturated rings. The van der Waals surface area contributed by atoms with Crippen molar-refractivity contribution in [3.05, 3.63) is 48.3 Å². The summed E-state index contributed by atoms with van der Waals surface area (Å²) in [4.78, 5) is 13.6. The first-order chi connectivity index (χ1) is 13.3. The summed E-state index contributed by atoms with van der Waals surface area (Å²) in [7, 11) is -3.43. The highest BCUT2D eigenvalue weighted by Gasteiger charge is 2.54. The second-order valence-corrected chi connectivity index (χ2v) is 9.34. The van der Waals surface area contributed by atoms with Crippen LogP contribution in [-0.2, 0) is 21.1 Å². The van der Waals surface area contributed by atoms with E-state index in [9.17, 15) is 22.0 Å². The third kappa shape index (κ3) is 3.59. The number of hydrogen-bond donors (Lipinski definition) is 1. The molecule has 2 aliphatic rings. The summed E-state index contributed by atoms with van der Waals surface area (Å²) in [5, 5.41) is 5.66. The normalized spacial score (nSPS) is 22.6. The summed E-state index contributed by atoms with van der Waals surface area (Å²) in [5.74, 6) is -1.83. The number of benzene rings is 1. The average Bonchev–Trinajstić information content (AvgIpc) is 3.10. The number of rotatable bonds is 3. The lowest BCUT2D eigenvalue weighted by molar-refractivity contribution is -0.117. The number of aromatic nitrogens is 2. The number of hydrogen-bond acceptors (Lipinski definition) is 5. The summed E-state index contributed by atoms with van der Waals surface area (Å²) in [6.45, 7) is 0.383. The summed E-state index contributed by atoms with van der Waals surface area (Å²) in [5.41, 5.74) is -1.10. The van der Waals surface area contributed by atoms with Crippen LogP contribution >= 0.6 is 0 Å². The Hall–Kier alpha value is -2.53. The zero-order valence-electron chi connectivity index (χ0n) is 14.7. The van der Waals surface area contributed by atoms with Crippen LogP contribution in [0.4, 0.5) is 19.3 Å². The van der Waals surface area contributed by atoms with E-state index in [1.807, 2.05) is 0 Å². The Morgan fingerprint density at radius 1 is 1.36 bits per heavy atom. The van der Waals surface area contributed by atoms with E-state index in [2.05, 4.69) is 10.4 Å². The monoisotopic (exact) mass is 412 g/mol. The van der Waals surface area contributed by atoms with Crippen LogP contribution < -0.4 is 5.32 Å². The maximum atomic E-state index is 13.7. The molecule has 8 nitrogen and oxygen atoms in total. The van der Waals surface area contributed by atoms with E-state index in [1.165, 1.54) is 4.90 Å². The van der Waals surface area contributed by atoms with Crippen molar-refractivity contribution in [3.63, 3.8) is 0 Å². The molecule has 0 saturated carbocycles. The lowest BCUT2D eigenvalue weighted by Gasteiger charge is -2.51. The third-order valence-electron chi connectivity index (χ3n) is 4.92. The van der Waals surface area contributed by atoms with Crippen molar-refractivity contribution < 1.29 is 26.7 Å². The van der Waals surface area contributed by atoms with Gasteiger partial charge in [0, 0.05) is 18.5 Å². The van der Waals surface area contributed by atoms with Gasteiger partial charge in [-0.15, -0.1) is 0 Å². The summed E-state index contributed by atoms with van der Waals surface area (Å²) < 4.78 is 59.2. The van der Waals surface area contributed by atoms with Crippen LogP contribution in [0.25, 0.3) is 0 Å². The van der Waals surface area contributed by atoms with Gasteiger partial charge in [0.25, 0.3) is 0 Å². The summed E-state index contributed by atoms with van der Waals surface area (Å²) in [6.07, 6.45) is 3.26. The third-order valence-corrected chi connectivity index (χ3v) is 7.14. The number of halogens is 2. The molecule has 150 valence electrons. The van der Waals surface area contributed by atoms with Crippen LogP contribution in [0.1, 0.15) is 0 Å². The predicted molar refractivity (Wildman–Crippen MR) is 95.4 cm³/mol. The molecule has 2 amide bonds. The standard InChI is InChI=1S/C17H18F2N4O4S/c18-12-2-3-15(14(19)6-12)21-16(24)22-9-17(10-22)11-28(25,26)13(8-27-17)7-23-5-1-4-20-23/h1-6,13H,7-11H2,(H,21,24)/t13-/m0/s1. The molecule has 1 aromatic carbocycles. The fraction of sp³-hybridized carbons (Fsp3) is 0.412. The van der Waals surface area contributed by atoms with Crippen LogP contribution in [0.5, 0.6) is 0 Å². The van der Waals surface area contributed by atoms with Gasteiger partial charge in [0.05, 0.1) is 37.7 Å². The molecular formula is C17H18F2N4O4S. The number of anilines is 1. The van der Waals surface area contributed by atoms with Crippen molar-refractivity contribution in [3.8, 4) is 0 Å². The molecule has 1 atom stereocenters. The first kappa shape index (κ1) is 18.8. The molecule has 3 heterocycles. The number of carbonyl (C=O) groups is 1. The van der Waals surface area contributed by atoms with Gasteiger partial charge in [-0.25, -0.2) is 22.0 Å². The largest absolute Gasteiger partial charge is 0.369 e. The number of nitrogens with zero attached hydrogens (tertiary/aromatic N) is 3. The van der Waals surface area contributed by atoms with E-state index in [0.717, 1.165) is 12.1 Å². The molecule has 0 unspecified atom stereocenters. The molecule has 0 aliphatic carbocycles. The number of nitrogens with one attached hydrogen (secondary N) is 1. The fourth-order valence-corrected chi connectivity index (χ4v) is 5.33. The second-order valence-electron chi connectivity index (χ2n) is 7.06. The number of ether oxygens (including phenoxy) is 1. The van der Waals surface area contributed by atoms with E-state index in [-0.39, 0.29) is 37.7 Å². The lowest BCUT2D eigenvalue weighted by atomic mass is 9.96. The number of sulfone groups is 1. The van der Waals surface area contributed by atoms with Crippen molar-refractivity contribution >= 4 is 21.6 Å². The van der Waals surface area contributed by atoms with Crippen molar-refractivity contribution in [2.75, 3.05) is 30.8 Å². The topological polar surface area (TPSA) is 93.5 Å². The van der Waals surface area contributed by atoms with E-state index in [4.69, 9.17) is 4.74 Å². The van der Waals surface area contributed by atoms with E-state index < -0.39 is 38.4 Å². The minimum atomic E-state index is -3.43. The Labute approximate surface area is 160 Å². The first-order valence-electron chi connectivity index (χ1n) is 8.60. The number of urea groups is 1. The minimum Gasteiger partial charge on any atom is -0.369 e. The summed E-state index contributed by atoms with van der Waals surface area (Å²) >= 11 is 0. The Morgan fingerprint density at radius 2 is 2.14 bits per heavy atom. The van der Waals surface area contributed by atoms with Gasteiger partial charge in [0.2, 0.25) is 0 Å². The van der Waals surface area contributed by atoms with Crippen LogP contribution in [0.2, 0.25) is 0 Å². The minimum absolute atomic E-state index is 0.0181. The van der Waals surface area contributed by atoms with Gasteiger partial charge in [-0.3, -0.25) is 4.68 Å². The second kappa shape index (κ2) is 6.82. The van der Waals surface area contributed by atoms with Crippen LogP contribution in [0.3, 0.4) is 0 Å². The Morgan fingerprint density at radius 3 is 2.79 bits per heavy atom. The molecule has 0 bridgehead atoms. The summed E-state index contributed by atoms with van der Waals surface area (Å²) in [6, 6.07) is 3.94. The predicted octanol–water partition coefficient (Wildman–Crippen LogP) is 1.26. The number of carbonyl (C=O) groups excluding carboxylic acids is 1. The Balaban J connectivity index is 1.36. The van der Waals surface area contributed by atoms with E-state index in [1.54, 1.807) is 23.1 Å². The van der Waals surface area contributed by atoms with Gasteiger partial charge < -0.3 is 15.0 Å². The maximum Gasteiger partial charge on any atom is 0.322 e. The molecule has 1 spiro atoms.